The van der Waals surface area contributed by atoms with Crippen molar-refractivity contribution in [3.05, 3.63) is 23.8 Å². The van der Waals surface area contributed by atoms with Gasteiger partial charge in [-0.05, 0) is 50.3 Å². The van der Waals surface area contributed by atoms with E-state index in [0.717, 1.165) is 42.6 Å². The molecule has 2 unspecified atom stereocenters. The van der Waals surface area contributed by atoms with Gasteiger partial charge in [-0.25, -0.2) is 4.79 Å². The maximum atomic E-state index is 12.3. The predicted octanol–water partition coefficient (Wildman–Crippen LogP) is 2.27. The number of rotatable bonds is 3. The van der Waals surface area contributed by atoms with E-state index in [-0.39, 0.29) is 36.3 Å². The van der Waals surface area contributed by atoms with Crippen molar-refractivity contribution >= 4 is 35.7 Å². The summed E-state index contributed by atoms with van der Waals surface area (Å²) in [5, 5.41) is 5.80. The molecule has 6 nitrogen and oxygen atoms in total. The van der Waals surface area contributed by atoms with Crippen molar-refractivity contribution in [3.63, 3.8) is 0 Å². The number of anilines is 2. The Balaban J connectivity index is 0.00000208. The fraction of sp³-hybridized carbons (Fsp3) is 0.529. The molecule has 1 heterocycles. The van der Waals surface area contributed by atoms with Crippen LogP contribution < -0.4 is 21.3 Å². The third kappa shape index (κ3) is 3.82. The fourth-order valence-corrected chi connectivity index (χ4v) is 3.41. The van der Waals surface area contributed by atoms with Crippen LogP contribution in [0.2, 0.25) is 0 Å². The normalized spacial score (nSPS) is 21.8. The summed E-state index contributed by atoms with van der Waals surface area (Å²) in [7, 11) is 0. The van der Waals surface area contributed by atoms with Crippen molar-refractivity contribution in [2.75, 3.05) is 23.3 Å². The number of hydrogen-bond acceptors (Lipinski definition) is 3. The summed E-state index contributed by atoms with van der Waals surface area (Å²) in [4.78, 5) is 26.2. The van der Waals surface area contributed by atoms with E-state index in [1.165, 1.54) is 0 Å². The van der Waals surface area contributed by atoms with E-state index >= 15 is 0 Å². The van der Waals surface area contributed by atoms with Crippen LogP contribution in [0.5, 0.6) is 0 Å². The Morgan fingerprint density at radius 2 is 2.12 bits per heavy atom. The molecule has 24 heavy (non-hydrogen) atoms. The Labute approximate surface area is 148 Å². The smallest absolute Gasteiger partial charge is 0.321 e. The monoisotopic (exact) mass is 352 g/mol. The quantitative estimate of drug-likeness (QED) is 0.779. The predicted molar refractivity (Wildman–Crippen MR) is 97.8 cm³/mol. The number of carbonyl (C=O) groups excluding carboxylic acids is 2. The summed E-state index contributed by atoms with van der Waals surface area (Å²) in [6.07, 6.45) is 3.36. The first-order valence-corrected chi connectivity index (χ1v) is 8.33. The second-order valence-electron chi connectivity index (χ2n) is 6.34. The third-order valence-corrected chi connectivity index (χ3v) is 4.67. The number of amides is 3. The van der Waals surface area contributed by atoms with Crippen LogP contribution in [0.15, 0.2) is 18.2 Å². The molecule has 2 aliphatic rings. The van der Waals surface area contributed by atoms with Crippen LogP contribution in [0.3, 0.4) is 0 Å². The van der Waals surface area contributed by atoms with Crippen LogP contribution in [0.4, 0.5) is 16.2 Å². The van der Waals surface area contributed by atoms with E-state index in [4.69, 9.17) is 5.73 Å². The fourth-order valence-electron chi connectivity index (χ4n) is 3.41. The standard InChI is InChI=1S/C17H24N4O2.ClH/c1-2-19-17(23)21-8-7-11-4-6-14(10-15(11)21)20-16(22)12-3-5-13(18)9-12;/h4,6,10,12-13H,2-3,5,7-9,18H2,1H3,(H,19,23)(H,20,22);1H. The van der Waals surface area contributed by atoms with Gasteiger partial charge >= 0.3 is 6.03 Å². The zero-order valence-corrected chi connectivity index (χ0v) is 14.7. The molecule has 0 bridgehead atoms. The lowest BCUT2D eigenvalue weighted by molar-refractivity contribution is -0.119. The number of nitrogens with zero attached hydrogens (tertiary/aromatic N) is 1. The van der Waals surface area contributed by atoms with Crippen LogP contribution in [-0.2, 0) is 11.2 Å². The molecule has 0 spiro atoms. The van der Waals surface area contributed by atoms with Gasteiger partial charge in [-0.15, -0.1) is 12.4 Å². The summed E-state index contributed by atoms with van der Waals surface area (Å²) in [5.41, 5.74) is 8.64. The molecule has 1 aliphatic heterocycles. The Morgan fingerprint density at radius 1 is 1.33 bits per heavy atom. The molecule has 1 aromatic carbocycles. The molecule has 0 saturated heterocycles. The molecule has 1 aliphatic carbocycles. The third-order valence-electron chi connectivity index (χ3n) is 4.67. The van der Waals surface area contributed by atoms with Gasteiger partial charge in [0, 0.05) is 30.7 Å². The Morgan fingerprint density at radius 3 is 2.79 bits per heavy atom. The number of halogens is 1. The zero-order chi connectivity index (χ0) is 16.4. The first-order chi connectivity index (χ1) is 11.1. The highest BCUT2D eigenvalue weighted by Gasteiger charge is 2.29. The van der Waals surface area contributed by atoms with Crippen LogP contribution in [0.1, 0.15) is 31.7 Å². The molecular weight excluding hydrogens is 328 g/mol. The highest BCUT2D eigenvalue weighted by Crippen LogP contribution is 2.32. The minimum absolute atomic E-state index is 0. The topological polar surface area (TPSA) is 87.5 Å². The van der Waals surface area contributed by atoms with Gasteiger partial charge < -0.3 is 16.4 Å². The molecule has 4 N–H and O–H groups in total. The Kier molecular flexibility index (Phi) is 6.07. The largest absolute Gasteiger partial charge is 0.338 e. The van der Waals surface area contributed by atoms with Gasteiger partial charge in [-0.1, -0.05) is 6.07 Å². The average molecular weight is 353 g/mol. The van der Waals surface area contributed by atoms with Gasteiger partial charge in [-0.3, -0.25) is 9.69 Å². The van der Waals surface area contributed by atoms with Crippen molar-refractivity contribution < 1.29 is 9.59 Å². The van der Waals surface area contributed by atoms with Crippen molar-refractivity contribution in [1.29, 1.82) is 0 Å². The molecule has 1 fully saturated rings. The number of urea groups is 1. The minimum Gasteiger partial charge on any atom is -0.338 e. The number of carbonyl (C=O) groups is 2. The van der Waals surface area contributed by atoms with E-state index in [0.29, 0.717) is 13.1 Å². The number of benzene rings is 1. The van der Waals surface area contributed by atoms with E-state index < -0.39 is 0 Å². The first kappa shape index (κ1) is 18.5. The Hall–Kier alpha value is -1.79. The number of fused-ring (bicyclic) bond motifs is 1. The lowest BCUT2D eigenvalue weighted by Crippen LogP contribution is -2.38. The van der Waals surface area contributed by atoms with Crippen molar-refractivity contribution in [1.82, 2.24) is 5.32 Å². The first-order valence-electron chi connectivity index (χ1n) is 8.33. The van der Waals surface area contributed by atoms with Crippen LogP contribution in [-0.4, -0.2) is 31.1 Å². The van der Waals surface area contributed by atoms with Gasteiger partial charge in [-0.2, -0.15) is 0 Å². The molecule has 1 saturated carbocycles. The van der Waals surface area contributed by atoms with Gasteiger partial charge in [0.05, 0.1) is 5.69 Å². The average Bonchev–Trinajstić information content (AvgIpc) is 3.13. The van der Waals surface area contributed by atoms with E-state index in [2.05, 4.69) is 10.6 Å². The lowest BCUT2D eigenvalue weighted by Gasteiger charge is -2.18. The second-order valence-corrected chi connectivity index (χ2v) is 6.34. The van der Waals surface area contributed by atoms with Crippen molar-refractivity contribution in [2.24, 2.45) is 11.7 Å². The van der Waals surface area contributed by atoms with E-state index in [9.17, 15) is 9.59 Å². The highest BCUT2D eigenvalue weighted by atomic mass is 35.5. The van der Waals surface area contributed by atoms with E-state index in [1.807, 2.05) is 25.1 Å². The molecular formula is C17H25ClN4O2. The van der Waals surface area contributed by atoms with E-state index in [1.54, 1.807) is 4.90 Å². The van der Waals surface area contributed by atoms with Gasteiger partial charge in [0.1, 0.15) is 0 Å². The summed E-state index contributed by atoms with van der Waals surface area (Å²) in [6.45, 7) is 3.18. The molecule has 7 heteroatoms. The molecule has 1 aromatic rings. The van der Waals surface area contributed by atoms with Crippen LogP contribution >= 0.6 is 12.4 Å². The second kappa shape index (κ2) is 7.85. The van der Waals surface area contributed by atoms with Crippen LogP contribution in [0.25, 0.3) is 0 Å². The molecule has 3 amide bonds. The molecule has 3 rings (SSSR count). The molecule has 0 radical (unpaired) electrons. The SMILES string of the molecule is CCNC(=O)N1CCc2ccc(NC(=O)C3CCC(N)C3)cc21.Cl. The lowest BCUT2D eigenvalue weighted by atomic mass is 10.1. The Bertz CT molecular complexity index is 623. The van der Waals surface area contributed by atoms with Gasteiger partial charge in [0.15, 0.2) is 0 Å². The molecule has 0 aromatic heterocycles. The maximum Gasteiger partial charge on any atom is 0.321 e. The minimum atomic E-state index is -0.0866. The van der Waals surface area contributed by atoms with Gasteiger partial charge in [0.25, 0.3) is 0 Å². The maximum absolute atomic E-state index is 12.3. The van der Waals surface area contributed by atoms with Crippen molar-refractivity contribution in [2.45, 2.75) is 38.6 Å². The summed E-state index contributed by atoms with van der Waals surface area (Å²) in [6, 6.07) is 5.84. The molecule has 2 atom stereocenters. The molecule has 132 valence electrons. The summed E-state index contributed by atoms with van der Waals surface area (Å²) < 4.78 is 0. The van der Waals surface area contributed by atoms with Crippen LogP contribution in [0, 0.1) is 5.92 Å². The van der Waals surface area contributed by atoms with Gasteiger partial charge in [0.2, 0.25) is 5.91 Å². The summed E-state index contributed by atoms with van der Waals surface area (Å²) >= 11 is 0. The number of nitrogens with one attached hydrogen (secondary N) is 2. The van der Waals surface area contributed by atoms with Crippen molar-refractivity contribution in [3.8, 4) is 0 Å². The highest BCUT2D eigenvalue weighted by molar-refractivity contribution is 5.97. The number of hydrogen-bond donors (Lipinski definition) is 3. The summed E-state index contributed by atoms with van der Waals surface area (Å²) in [5.74, 6) is 0.0261. The number of nitrogens with two attached hydrogens (primary N) is 1. The zero-order valence-electron chi connectivity index (χ0n) is 13.9.